The molecule has 1 spiro atoms. The van der Waals surface area contributed by atoms with Crippen LogP contribution in [-0.4, -0.2) is 61.4 Å². The van der Waals surface area contributed by atoms with Gasteiger partial charge in [0.1, 0.15) is 29.2 Å². The van der Waals surface area contributed by atoms with Crippen LogP contribution in [0, 0.1) is 5.92 Å². The first-order valence-electron chi connectivity index (χ1n) is 14.1. The van der Waals surface area contributed by atoms with E-state index in [1.165, 1.54) is 11.6 Å². The number of esters is 1. The quantitative estimate of drug-likeness (QED) is 0.163. The number of allylic oxidation sites excluding steroid dienone is 1. The number of ether oxygens (including phenoxy) is 6. The Morgan fingerprint density at radius 3 is 2.51 bits per heavy atom. The minimum absolute atomic E-state index is 0.0289. The van der Waals surface area contributed by atoms with E-state index in [1.807, 2.05) is 6.07 Å². The van der Waals surface area contributed by atoms with Gasteiger partial charge >= 0.3 is 5.97 Å². The Kier molecular flexibility index (Phi) is 8.57. The molecule has 8 heteroatoms. The van der Waals surface area contributed by atoms with Crippen LogP contribution in [-0.2, 0) is 30.3 Å². The molecule has 0 unspecified atom stereocenters. The van der Waals surface area contributed by atoms with Gasteiger partial charge in [-0.25, -0.2) is 4.79 Å². The fourth-order valence-corrected chi connectivity index (χ4v) is 6.09. The number of carbonyl (C=O) groups excluding carboxylic acids is 1. The molecule has 8 nitrogen and oxygen atoms in total. The minimum Gasteiger partial charge on any atom is -0.493 e. The number of rotatable bonds is 11. The summed E-state index contributed by atoms with van der Waals surface area (Å²) < 4.78 is 35.7. The molecule has 2 aromatic rings. The highest BCUT2D eigenvalue weighted by Gasteiger charge is 2.72. The molecule has 0 bridgehead atoms. The summed E-state index contributed by atoms with van der Waals surface area (Å²) in [7, 11) is 3.24. The Morgan fingerprint density at radius 1 is 1.12 bits per heavy atom. The second-order valence-corrected chi connectivity index (χ2v) is 11.5. The summed E-state index contributed by atoms with van der Waals surface area (Å²) in [5.74, 6) is 1.20. The average Bonchev–Trinajstić information content (AvgIpc) is 3.89. The van der Waals surface area contributed by atoms with Crippen molar-refractivity contribution in [2.75, 3.05) is 20.8 Å². The molecular weight excluding hydrogens is 524 g/mol. The molecule has 6 atom stereocenters. The van der Waals surface area contributed by atoms with E-state index in [2.05, 4.69) is 26.8 Å². The van der Waals surface area contributed by atoms with Crippen LogP contribution in [0.25, 0.3) is 6.08 Å². The highest BCUT2D eigenvalue weighted by atomic mass is 16.6. The smallest absolute Gasteiger partial charge is 0.331 e. The molecule has 220 valence electrons. The number of aliphatic hydroxyl groups excluding tert-OH is 1. The molecule has 3 aliphatic rings. The summed E-state index contributed by atoms with van der Waals surface area (Å²) in [6, 6.07) is 12.6. The average molecular weight is 565 g/mol. The number of methoxy groups -OCH3 is 2. The standard InChI is InChI=1S/C33H40O8/c1-21(2)6-14-28-32(3,41-28)31-30(37-5)26(16-17-33(31)20-38-33)40-29(35)15-10-22-9-13-25(36-4)27(18-22)39-24-11-7-23(19-34)8-12-24/h6-13,15,18,26,28,30-31,34H,14,16-17,19-20H2,1-5H3/b15-10+/t26-,28-,30-,31-,32+,33+/m1/s1. The van der Waals surface area contributed by atoms with Crippen LogP contribution in [0.5, 0.6) is 17.2 Å². The molecule has 5 rings (SSSR count). The first-order valence-corrected chi connectivity index (χ1v) is 14.1. The van der Waals surface area contributed by atoms with Crippen LogP contribution in [0.3, 0.4) is 0 Å². The molecule has 41 heavy (non-hydrogen) atoms. The Morgan fingerprint density at radius 2 is 1.88 bits per heavy atom. The lowest BCUT2D eigenvalue weighted by atomic mass is 9.68. The lowest BCUT2D eigenvalue weighted by molar-refractivity contribution is -0.166. The monoisotopic (exact) mass is 564 g/mol. The third-order valence-electron chi connectivity index (χ3n) is 8.44. The van der Waals surface area contributed by atoms with Gasteiger partial charge in [-0.15, -0.1) is 0 Å². The molecule has 2 saturated heterocycles. The van der Waals surface area contributed by atoms with E-state index < -0.39 is 12.1 Å². The first kappa shape index (κ1) is 29.3. The molecule has 2 aliphatic heterocycles. The van der Waals surface area contributed by atoms with Crippen molar-refractivity contribution in [1.82, 2.24) is 0 Å². The van der Waals surface area contributed by atoms with Gasteiger partial charge in [0.25, 0.3) is 0 Å². The van der Waals surface area contributed by atoms with E-state index >= 15 is 0 Å². The number of aliphatic hydroxyl groups is 1. The molecule has 3 fully saturated rings. The summed E-state index contributed by atoms with van der Waals surface area (Å²) in [4.78, 5) is 13.0. The van der Waals surface area contributed by atoms with Crippen LogP contribution < -0.4 is 9.47 Å². The predicted octanol–water partition coefficient (Wildman–Crippen LogP) is 5.61. The highest BCUT2D eigenvalue weighted by molar-refractivity contribution is 5.87. The normalized spacial score (nSPS) is 30.2. The maximum Gasteiger partial charge on any atom is 0.331 e. The largest absolute Gasteiger partial charge is 0.493 e. The fraction of sp³-hybridized carbons (Fsp3) is 0.485. The second kappa shape index (κ2) is 12.0. The van der Waals surface area contributed by atoms with Crippen molar-refractivity contribution in [3.05, 3.63) is 71.3 Å². The predicted molar refractivity (Wildman–Crippen MR) is 154 cm³/mol. The SMILES string of the molecule is COc1ccc(/C=C/C(=O)O[C@@H]2CC[C@]3(CO3)[C@@H]([C@@]3(C)O[C@@H]3CC=C(C)C)[C@@H]2OC)cc1Oc1ccc(CO)cc1. The van der Waals surface area contributed by atoms with Crippen LogP contribution >= 0.6 is 0 Å². The number of epoxide rings is 2. The number of hydrogen-bond acceptors (Lipinski definition) is 8. The van der Waals surface area contributed by atoms with Gasteiger partial charge in [0.2, 0.25) is 0 Å². The minimum atomic E-state index is -0.440. The zero-order valence-corrected chi connectivity index (χ0v) is 24.4. The van der Waals surface area contributed by atoms with E-state index in [1.54, 1.807) is 56.7 Å². The molecule has 2 aromatic carbocycles. The summed E-state index contributed by atoms with van der Waals surface area (Å²) in [6.45, 7) is 6.95. The first-order chi connectivity index (χ1) is 19.7. The van der Waals surface area contributed by atoms with Crippen molar-refractivity contribution in [3.63, 3.8) is 0 Å². The third-order valence-corrected chi connectivity index (χ3v) is 8.44. The lowest BCUT2D eigenvalue weighted by Crippen LogP contribution is -2.55. The molecule has 0 radical (unpaired) electrons. The molecule has 1 aliphatic carbocycles. The zero-order valence-electron chi connectivity index (χ0n) is 24.4. The molecule has 0 aromatic heterocycles. The van der Waals surface area contributed by atoms with E-state index in [0.29, 0.717) is 30.3 Å². The summed E-state index contributed by atoms with van der Waals surface area (Å²) in [6.07, 6.45) is 6.98. The molecule has 0 amide bonds. The van der Waals surface area contributed by atoms with Crippen molar-refractivity contribution in [1.29, 1.82) is 0 Å². The van der Waals surface area contributed by atoms with Gasteiger partial charge in [0.15, 0.2) is 11.5 Å². The van der Waals surface area contributed by atoms with Crippen molar-refractivity contribution < 1.29 is 38.3 Å². The Bertz CT molecular complexity index is 1290. The van der Waals surface area contributed by atoms with E-state index in [9.17, 15) is 9.90 Å². The van der Waals surface area contributed by atoms with Gasteiger partial charge in [-0.05, 0) is 81.5 Å². The van der Waals surface area contributed by atoms with Gasteiger partial charge in [-0.1, -0.05) is 29.8 Å². The van der Waals surface area contributed by atoms with Gasteiger partial charge in [0, 0.05) is 13.2 Å². The number of carbonyl (C=O) groups is 1. The Hall–Kier alpha value is -3.17. The van der Waals surface area contributed by atoms with E-state index in [4.69, 9.17) is 28.4 Å². The Labute approximate surface area is 241 Å². The van der Waals surface area contributed by atoms with Gasteiger partial charge in [-0.3, -0.25) is 0 Å². The van der Waals surface area contributed by atoms with Crippen LogP contribution in [0.4, 0.5) is 0 Å². The number of benzene rings is 2. The highest BCUT2D eigenvalue weighted by Crippen LogP contribution is 2.59. The fourth-order valence-electron chi connectivity index (χ4n) is 6.09. The van der Waals surface area contributed by atoms with Crippen molar-refractivity contribution >= 4 is 12.0 Å². The summed E-state index contributed by atoms with van der Waals surface area (Å²) in [5, 5.41) is 9.27. The topological polar surface area (TPSA) is 99.3 Å². The molecular formula is C33H40O8. The van der Waals surface area contributed by atoms with Gasteiger partial charge in [-0.2, -0.15) is 0 Å². The van der Waals surface area contributed by atoms with Gasteiger partial charge < -0.3 is 33.5 Å². The maximum absolute atomic E-state index is 13.0. The Balaban J connectivity index is 1.26. The second-order valence-electron chi connectivity index (χ2n) is 11.5. The maximum atomic E-state index is 13.0. The van der Waals surface area contributed by atoms with Gasteiger partial charge in [0.05, 0.1) is 32.3 Å². The third kappa shape index (κ3) is 6.36. The summed E-state index contributed by atoms with van der Waals surface area (Å²) >= 11 is 0. The number of hydrogen-bond donors (Lipinski definition) is 1. The van der Waals surface area contributed by atoms with Crippen LogP contribution in [0.15, 0.2) is 60.2 Å². The van der Waals surface area contributed by atoms with E-state index in [0.717, 1.165) is 24.0 Å². The van der Waals surface area contributed by atoms with Crippen LogP contribution in [0.2, 0.25) is 0 Å². The van der Waals surface area contributed by atoms with Crippen molar-refractivity contribution in [3.8, 4) is 17.2 Å². The van der Waals surface area contributed by atoms with Crippen molar-refractivity contribution in [2.24, 2.45) is 5.92 Å². The van der Waals surface area contributed by atoms with Crippen molar-refractivity contribution in [2.45, 2.75) is 76.2 Å². The molecule has 2 heterocycles. The van der Waals surface area contributed by atoms with Crippen LogP contribution in [0.1, 0.15) is 51.2 Å². The zero-order chi connectivity index (χ0) is 29.2. The summed E-state index contributed by atoms with van der Waals surface area (Å²) in [5.41, 5.74) is 2.15. The molecule has 1 N–H and O–H groups in total. The molecule has 1 saturated carbocycles. The lowest BCUT2D eigenvalue weighted by Gasteiger charge is -2.42. The van der Waals surface area contributed by atoms with E-state index in [-0.39, 0.29) is 35.9 Å².